The van der Waals surface area contributed by atoms with Crippen LogP contribution in [0.4, 0.5) is 0 Å². The van der Waals surface area contributed by atoms with Gasteiger partial charge >= 0.3 is 0 Å². The third-order valence-corrected chi connectivity index (χ3v) is 5.77. The lowest BCUT2D eigenvalue weighted by Crippen LogP contribution is -2.41. The standard InChI is InChI=1S/C21H25NO5/c1-15-9-18(12-26-17-5-3-2-4-6-17)27-19(15)20(24)22-10-16-11-25-8-7-21(16,13-22)14-23/h2-6,9,16,23H,7-8,10-14H2,1H3/t16-,21-/m1/s1. The number of hydrogen-bond acceptors (Lipinski definition) is 5. The first kappa shape index (κ1) is 18.1. The highest BCUT2D eigenvalue weighted by molar-refractivity contribution is 5.93. The number of carbonyl (C=O) groups excluding carboxylic acids is 1. The Morgan fingerprint density at radius 3 is 2.93 bits per heavy atom. The van der Waals surface area contributed by atoms with E-state index >= 15 is 0 Å². The average molecular weight is 371 g/mol. The molecule has 1 aromatic carbocycles. The molecule has 1 amide bonds. The van der Waals surface area contributed by atoms with Crippen molar-refractivity contribution in [1.29, 1.82) is 0 Å². The molecule has 0 saturated carbocycles. The lowest BCUT2D eigenvalue weighted by molar-refractivity contribution is -0.0415. The number of fused-ring (bicyclic) bond motifs is 1. The molecule has 1 aromatic heterocycles. The van der Waals surface area contributed by atoms with Crippen LogP contribution < -0.4 is 4.74 Å². The first-order valence-corrected chi connectivity index (χ1v) is 9.36. The summed E-state index contributed by atoms with van der Waals surface area (Å²) in [5, 5.41) is 9.93. The number of aryl methyl sites for hydroxylation is 1. The summed E-state index contributed by atoms with van der Waals surface area (Å²) in [6.07, 6.45) is 0.783. The lowest BCUT2D eigenvalue weighted by Gasteiger charge is -2.36. The zero-order chi connectivity index (χ0) is 18.9. The molecule has 2 saturated heterocycles. The number of nitrogens with zero attached hydrogens (tertiary/aromatic N) is 1. The smallest absolute Gasteiger partial charge is 0.289 e. The van der Waals surface area contributed by atoms with E-state index < -0.39 is 0 Å². The Morgan fingerprint density at radius 2 is 2.19 bits per heavy atom. The summed E-state index contributed by atoms with van der Waals surface area (Å²) in [4.78, 5) is 14.8. The first-order valence-electron chi connectivity index (χ1n) is 9.36. The molecule has 2 aliphatic rings. The predicted molar refractivity (Wildman–Crippen MR) is 98.6 cm³/mol. The molecule has 2 aliphatic heterocycles. The Balaban J connectivity index is 1.45. The van der Waals surface area contributed by atoms with Gasteiger partial charge in [0, 0.05) is 36.6 Å². The lowest BCUT2D eigenvalue weighted by atomic mass is 9.75. The summed E-state index contributed by atoms with van der Waals surface area (Å²) in [5.41, 5.74) is 0.559. The Morgan fingerprint density at radius 1 is 1.37 bits per heavy atom. The molecule has 0 radical (unpaired) electrons. The van der Waals surface area contributed by atoms with Crippen LogP contribution >= 0.6 is 0 Å². The molecule has 2 fully saturated rings. The van der Waals surface area contributed by atoms with Crippen molar-refractivity contribution in [3.05, 3.63) is 53.5 Å². The monoisotopic (exact) mass is 371 g/mol. The summed E-state index contributed by atoms with van der Waals surface area (Å²) in [5.74, 6) is 1.79. The molecule has 2 atom stereocenters. The second kappa shape index (κ2) is 7.37. The van der Waals surface area contributed by atoms with E-state index in [2.05, 4.69) is 0 Å². The Bertz CT molecular complexity index is 802. The average Bonchev–Trinajstić information content (AvgIpc) is 3.27. The van der Waals surface area contributed by atoms with Crippen molar-refractivity contribution in [2.75, 3.05) is 32.9 Å². The minimum atomic E-state index is -0.242. The number of hydrogen-bond donors (Lipinski definition) is 1. The van der Waals surface area contributed by atoms with Crippen molar-refractivity contribution < 1.29 is 23.8 Å². The molecule has 27 heavy (non-hydrogen) atoms. The number of aliphatic hydroxyl groups excluding tert-OH is 1. The number of aliphatic hydroxyl groups is 1. The van der Waals surface area contributed by atoms with Crippen LogP contribution in [0.15, 0.2) is 40.8 Å². The molecule has 1 N–H and O–H groups in total. The number of furan rings is 1. The summed E-state index contributed by atoms with van der Waals surface area (Å²) >= 11 is 0. The summed E-state index contributed by atoms with van der Waals surface area (Å²) in [6.45, 7) is 4.60. The van der Waals surface area contributed by atoms with Gasteiger partial charge in [0.25, 0.3) is 5.91 Å². The molecule has 3 heterocycles. The fourth-order valence-electron chi connectivity index (χ4n) is 4.11. The highest BCUT2D eigenvalue weighted by Gasteiger charge is 2.49. The maximum absolute atomic E-state index is 13.0. The van der Waals surface area contributed by atoms with Crippen LogP contribution in [0.1, 0.15) is 28.3 Å². The van der Waals surface area contributed by atoms with Gasteiger partial charge in [0.1, 0.15) is 18.1 Å². The van der Waals surface area contributed by atoms with Gasteiger partial charge in [-0.25, -0.2) is 0 Å². The van der Waals surface area contributed by atoms with Crippen molar-refractivity contribution in [3.63, 3.8) is 0 Å². The van der Waals surface area contributed by atoms with Crippen LogP contribution in [0.2, 0.25) is 0 Å². The number of rotatable bonds is 5. The van der Waals surface area contributed by atoms with Gasteiger partial charge in [0.05, 0.1) is 13.2 Å². The van der Waals surface area contributed by atoms with E-state index in [9.17, 15) is 9.90 Å². The largest absolute Gasteiger partial charge is 0.486 e. The van der Waals surface area contributed by atoms with Crippen LogP contribution in [0.25, 0.3) is 0 Å². The summed E-state index contributed by atoms with van der Waals surface area (Å²) < 4.78 is 17.1. The zero-order valence-corrected chi connectivity index (χ0v) is 15.5. The van der Waals surface area contributed by atoms with E-state index in [1.807, 2.05) is 43.3 Å². The first-order chi connectivity index (χ1) is 13.1. The highest BCUT2D eigenvalue weighted by atomic mass is 16.5. The Labute approximate surface area is 158 Å². The molecule has 144 valence electrons. The van der Waals surface area contributed by atoms with E-state index in [-0.39, 0.29) is 30.5 Å². The van der Waals surface area contributed by atoms with Gasteiger partial charge < -0.3 is 23.9 Å². The van der Waals surface area contributed by atoms with Crippen LogP contribution in [0.3, 0.4) is 0 Å². The molecule has 2 aromatic rings. The van der Waals surface area contributed by atoms with Crippen molar-refractivity contribution >= 4 is 5.91 Å². The van der Waals surface area contributed by atoms with E-state index in [1.165, 1.54) is 0 Å². The fourth-order valence-corrected chi connectivity index (χ4v) is 4.11. The van der Waals surface area contributed by atoms with E-state index in [0.717, 1.165) is 17.7 Å². The third kappa shape index (κ3) is 3.47. The second-order valence-electron chi connectivity index (χ2n) is 7.55. The summed E-state index contributed by atoms with van der Waals surface area (Å²) in [6, 6.07) is 11.4. The fraction of sp³-hybridized carbons (Fsp3) is 0.476. The SMILES string of the molecule is Cc1cc(COc2ccccc2)oc1C(=O)N1C[C@@H]2COCC[C@]2(CO)C1. The minimum Gasteiger partial charge on any atom is -0.486 e. The van der Waals surface area contributed by atoms with E-state index in [1.54, 1.807) is 4.90 Å². The molecule has 0 spiro atoms. The van der Waals surface area contributed by atoms with Gasteiger partial charge in [0.2, 0.25) is 0 Å². The zero-order valence-electron chi connectivity index (χ0n) is 15.5. The number of amides is 1. The van der Waals surface area contributed by atoms with Gasteiger partial charge in [-0.05, 0) is 31.5 Å². The number of benzene rings is 1. The normalized spacial score (nSPS) is 24.7. The maximum Gasteiger partial charge on any atom is 0.289 e. The quantitative estimate of drug-likeness (QED) is 0.875. The highest BCUT2D eigenvalue weighted by Crippen LogP contribution is 2.42. The van der Waals surface area contributed by atoms with Crippen LogP contribution in [0.5, 0.6) is 5.75 Å². The Kier molecular flexibility index (Phi) is 4.93. The molecule has 0 bridgehead atoms. The van der Waals surface area contributed by atoms with Crippen molar-refractivity contribution in [3.8, 4) is 5.75 Å². The second-order valence-corrected chi connectivity index (χ2v) is 7.55. The van der Waals surface area contributed by atoms with Gasteiger partial charge in [-0.3, -0.25) is 4.79 Å². The molecule has 0 aliphatic carbocycles. The van der Waals surface area contributed by atoms with Gasteiger partial charge in [-0.15, -0.1) is 0 Å². The van der Waals surface area contributed by atoms with Crippen molar-refractivity contribution in [2.24, 2.45) is 11.3 Å². The van der Waals surface area contributed by atoms with Crippen LogP contribution in [0, 0.1) is 18.3 Å². The van der Waals surface area contributed by atoms with Gasteiger partial charge in [-0.1, -0.05) is 18.2 Å². The molecule has 6 heteroatoms. The summed E-state index contributed by atoms with van der Waals surface area (Å²) in [7, 11) is 0. The van der Waals surface area contributed by atoms with Crippen molar-refractivity contribution in [2.45, 2.75) is 20.0 Å². The number of ether oxygens (including phenoxy) is 2. The van der Waals surface area contributed by atoms with Crippen molar-refractivity contribution in [1.82, 2.24) is 4.90 Å². The van der Waals surface area contributed by atoms with Crippen LogP contribution in [-0.2, 0) is 11.3 Å². The van der Waals surface area contributed by atoms with Gasteiger partial charge in [-0.2, -0.15) is 0 Å². The molecule has 4 rings (SSSR count). The van der Waals surface area contributed by atoms with Crippen LogP contribution in [-0.4, -0.2) is 48.8 Å². The number of para-hydroxylation sites is 1. The van der Waals surface area contributed by atoms with Gasteiger partial charge in [0.15, 0.2) is 5.76 Å². The predicted octanol–water partition coefficient (Wildman–Crippen LogP) is 2.64. The van der Waals surface area contributed by atoms with E-state index in [0.29, 0.717) is 37.8 Å². The number of likely N-dealkylation sites (tertiary alicyclic amines) is 1. The molecular weight excluding hydrogens is 346 g/mol. The van der Waals surface area contributed by atoms with E-state index in [4.69, 9.17) is 13.9 Å². The Hall–Kier alpha value is -2.31. The maximum atomic E-state index is 13.0. The molecular formula is C21H25NO5. The number of carbonyl (C=O) groups is 1. The topological polar surface area (TPSA) is 72.1 Å². The molecule has 6 nitrogen and oxygen atoms in total. The minimum absolute atomic E-state index is 0.0815. The molecule has 0 unspecified atom stereocenters. The third-order valence-electron chi connectivity index (χ3n) is 5.77.